The molecule has 2 nitrogen and oxygen atoms in total. The van der Waals surface area contributed by atoms with Gasteiger partial charge in [0, 0.05) is 32.4 Å². The third kappa shape index (κ3) is 5.46. The van der Waals surface area contributed by atoms with Crippen molar-refractivity contribution >= 4 is 27.3 Å². The van der Waals surface area contributed by atoms with E-state index in [0.717, 1.165) is 16.8 Å². The number of nitrogens with one attached hydrogen (secondary N) is 1. The van der Waals surface area contributed by atoms with Crippen LogP contribution in [0.4, 0.5) is 0 Å². The minimum atomic E-state index is 0.0969. The van der Waals surface area contributed by atoms with Gasteiger partial charge in [0.25, 0.3) is 0 Å². The average Bonchev–Trinajstić information content (AvgIpc) is 2.80. The Labute approximate surface area is 139 Å². The predicted octanol–water partition coefficient (Wildman–Crippen LogP) is 5.29. The summed E-state index contributed by atoms with van der Waals surface area (Å²) in [4.78, 5) is 1.22. The van der Waals surface area contributed by atoms with E-state index in [4.69, 9.17) is 4.74 Å². The van der Waals surface area contributed by atoms with Gasteiger partial charge >= 0.3 is 0 Å². The summed E-state index contributed by atoms with van der Waals surface area (Å²) in [6.45, 7) is 10.1. The number of rotatable bonds is 5. The van der Waals surface area contributed by atoms with E-state index in [9.17, 15) is 0 Å². The van der Waals surface area contributed by atoms with E-state index in [2.05, 4.69) is 78.6 Å². The molecule has 0 spiro atoms. The zero-order valence-electron chi connectivity index (χ0n) is 13.0. The monoisotopic (exact) mass is 367 g/mol. The number of benzene rings is 1. The second-order valence-corrected chi connectivity index (χ2v) is 8.15. The number of hydrogen-bond acceptors (Lipinski definition) is 3. The summed E-state index contributed by atoms with van der Waals surface area (Å²) in [5.41, 5.74) is 2.56. The number of halogens is 1. The smallest absolute Gasteiger partial charge is 0.124 e. The first-order valence-electron chi connectivity index (χ1n) is 7.04. The average molecular weight is 368 g/mol. The molecule has 0 saturated carbocycles. The van der Waals surface area contributed by atoms with Crippen LogP contribution in [-0.4, -0.2) is 5.54 Å². The lowest BCUT2D eigenvalue weighted by atomic mass is 10.1. The minimum Gasteiger partial charge on any atom is -0.488 e. The van der Waals surface area contributed by atoms with E-state index in [1.807, 2.05) is 0 Å². The van der Waals surface area contributed by atoms with Gasteiger partial charge < -0.3 is 10.1 Å². The van der Waals surface area contributed by atoms with Crippen LogP contribution in [0.1, 0.15) is 36.8 Å². The van der Waals surface area contributed by atoms with Gasteiger partial charge in [-0.05, 0) is 55.8 Å². The van der Waals surface area contributed by atoms with Gasteiger partial charge in [0.2, 0.25) is 0 Å². The van der Waals surface area contributed by atoms with Gasteiger partial charge in [0.05, 0.1) is 0 Å². The Morgan fingerprint density at radius 3 is 2.62 bits per heavy atom. The summed E-state index contributed by atoms with van der Waals surface area (Å²) >= 11 is 5.18. The standard InChI is InChI=1S/C17H22BrNOS/c1-12-5-6-16(13(7-12)9-19-17(2,3)4)20-10-15-8-14(18)11-21-15/h5-8,11,19H,9-10H2,1-4H3. The Morgan fingerprint density at radius 2 is 2.00 bits per heavy atom. The van der Waals surface area contributed by atoms with Crippen LogP contribution in [0.3, 0.4) is 0 Å². The van der Waals surface area contributed by atoms with Crippen LogP contribution >= 0.6 is 27.3 Å². The molecule has 2 rings (SSSR count). The molecule has 1 N–H and O–H groups in total. The van der Waals surface area contributed by atoms with Crippen LogP contribution < -0.4 is 10.1 Å². The highest BCUT2D eigenvalue weighted by atomic mass is 79.9. The molecule has 0 radical (unpaired) electrons. The van der Waals surface area contributed by atoms with Crippen LogP contribution in [0.25, 0.3) is 0 Å². The molecule has 0 saturated heterocycles. The van der Waals surface area contributed by atoms with Crippen molar-refractivity contribution in [2.24, 2.45) is 0 Å². The van der Waals surface area contributed by atoms with Crippen LogP contribution in [-0.2, 0) is 13.2 Å². The fourth-order valence-electron chi connectivity index (χ4n) is 1.93. The van der Waals surface area contributed by atoms with Crippen molar-refractivity contribution in [3.63, 3.8) is 0 Å². The maximum atomic E-state index is 6.01. The molecule has 0 aliphatic heterocycles. The molecule has 0 atom stereocenters. The molecule has 0 aliphatic carbocycles. The molecule has 0 aliphatic rings. The van der Waals surface area contributed by atoms with Gasteiger partial charge in [-0.3, -0.25) is 0 Å². The van der Waals surface area contributed by atoms with Crippen molar-refractivity contribution in [3.8, 4) is 5.75 Å². The first-order chi connectivity index (χ1) is 9.83. The highest BCUT2D eigenvalue weighted by molar-refractivity contribution is 9.10. The lowest BCUT2D eigenvalue weighted by Crippen LogP contribution is -2.35. The fraction of sp³-hybridized carbons (Fsp3) is 0.412. The summed E-state index contributed by atoms with van der Waals surface area (Å²) in [5.74, 6) is 0.960. The van der Waals surface area contributed by atoms with Gasteiger partial charge in [-0.15, -0.1) is 11.3 Å². The summed E-state index contributed by atoms with van der Waals surface area (Å²) in [6, 6.07) is 8.46. The molecule has 1 heterocycles. The number of ether oxygens (including phenoxy) is 1. The van der Waals surface area contributed by atoms with E-state index in [1.165, 1.54) is 16.0 Å². The van der Waals surface area contributed by atoms with E-state index in [1.54, 1.807) is 11.3 Å². The number of thiophene rings is 1. The molecule has 0 bridgehead atoms. The van der Waals surface area contributed by atoms with Crippen LogP contribution in [0.2, 0.25) is 0 Å². The highest BCUT2D eigenvalue weighted by Crippen LogP contribution is 2.25. The first-order valence-corrected chi connectivity index (χ1v) is 8.71. The highest BCUT2D eigenvalue weighted by Gasteiger charge is 2.11. The molecule has 1 aromatic carbocycles. The molecule has 114 valence electrons. The van der Waals surface area contributed by atoms with Crippen molar-refractivity contribution in [2.75, 3.05) is 0 Å². The largest absolute Gasteiger partial charge is 0.488 e. The summed E-state index contributed by atoms with van der Waals surface area (Å²) in [7, 11) is 0. The Balaban J connectivity index is 2.07. The van der Waals surface area contributed by atoms with Crippen molar-refractivity contribution < 1.29 is 4.74 Å². The maximum absolute atomic E-state index is 6.01. The van der Waals surface area contributed by atoms with Gasteiger partial charge in [0.15, 0.2) is 0 Å². The van der Waals surface area contributed by atoms with Gasteiger partial charge in [-0.1, -0.05) is 17.7 Å². The van der Waals surface area contributed by atoms with Crippen molar-refractivity contribution in [1.82, 2.24) is 5.32 Å². The van der Waals surface area contributed by atoms with E-state index >= 15 is 0 Å². The van der Waals surface area contributed by atoms with Gasteiger partial charge in [0.1, 0.15) is 12.4 Å². The molecule has 0 amide bonds. The molecule has 4 heteroatoms. The van der Waals surface area contributed by atoms with Gasteiger partial charge in [-0.25, -0.2) is 0 Å². The summed E-state index contributed by atoms with van der Waals surface area (Å²) < 4.78 is 7.12. The lowest BCUT2D eigenvalue weighted by Gasteiger charge is -2.22. The van der Waals surface area contributed by atoms with Crippen molar-refractivity contribution in [3.05, 3.63) is 50.1 Å². The van der Waals surface area contributed by atoms with Crippen molar-refractivity contribution in [1.29, 1.82) is 0 Å². The predicted molar refractivity (Wildman–Crippen MR) is 94.1 cm³/mol. The van der Waals surface area contributed by atoms with Gasteiger partial charge in [-0.2, -0.15) is 0 Å². The molecular formula is C17H22BrNOS. The van der Waals surface area contributed by atoms with E-state index < -0.39 is 0 Å². The Bertz CT molecular complexity index is 601. The lowest BCUT2D eigenvalue weighted by molar-refractivity contribution is 0.303. The third-order valence-electron chi connectivity index (χ3n) is 3.02. The Kier molecular flexibility index (Phi) is 5.47. The fourth-order valence-corrected chi connectivity index (χ4v) is 3.29. The second-order valence-electron chi connectivity index (χ2n) is 6.23. The topological polar surface area (TPSA) is 21.3 Å². The molecular weight excluding hydrogens is 346 g/mol. The number of hydrogen-bond donors (Lipinski definition) is 1. The van der Waals surface area contributed by atoms with Crippen LogP contribution in [0, 0.1) is 6.92 Å². The summed E-state index contributed by atoms with van der Waals surface area (Å²) in [5, 5.41) is 5.60. The quantitative estimate of drug-likeness (QED) is 0.775. The molecule has 1 aromatic heterocycles. The zero-order chi connectivity index (χ0) is 15.5. The third-order valence-corrected chi connectivity index (χ3v) is 4.69. The molecule has 0 fully saturated rings. The van der Waals surface area contributed by atoms with Crippen molar-refractivity contribution in [2.45, 2.75) is 46.4 Å². The normalized spacial score (nSPS) is 11.7. The van der Waals surface area contributed by atoms with Crippen LogP contribution in [0.15, 0.2) is 34.1 Å². The van der Waals surface area contributed by atoms with E-state index in [-0.39, 0.29) is 5.54 Å². The van der Waals surface area contributed by atoms with E-state index in [0.29, 0.717) is 6.61 Å². The molecule has 0 unspecified atom stereocenters. The Morgan fingerprint density at radius 1 is 1.24 bits per heavy atom. The minimum absolute atomic E-state index is 0.0969. The first kappa shape index (κ1) is 16.5. The SMILES string of the molecule is Cc1ccc(OCc2cc(Br)cs2)c(CNC(C)(C)C)c1. The molecule has 21 heavy (non-hydrogen) atoms. The Hall–Kier alpha value is -0.840. The zero-order valence-corrected chi connectivity index (χ0v) is 15.4. The van der Waals surface area contributed by atoms with Crippen LogP contribution in [0.5, 0.6) is 5.75 Å². The second kappa shape index (κ2) is 6.95. The molecule has 2 aromatic rings. The maximum Gasteiger partial charge on any atom is 0.124 e. The number of aryl methyl sites for hydroxylation is 1. The summed E-state index contributed by atoms with van der Waals surface area (Å²) in [6.07, 6.45) is 0.